The van der Waals surface area contributed by atoms with Crippen LogP contribution >= 0.6 is 0 Å². The highest BCUT2D eigenvalue weighted by Gasteiger charge is 2.23. The van der Waals surface area contributed by atoms with Crippen molar-refractivity contribution in [1.29, 1.82) is 10.7 Å². The minimum Gasteiger partial charge on any atom is -0.480 e. The van der Waals surface area contributed by atoms with Gasteiger partial charge in [0, 0.05) is 43.0 Å². The molecule has 1 unspecified atom stereocenters. The third kappa shape index (κ3) is 6.08. The largest absolute Gasteiger partial charge is 0.480 e. The van der Waals surface area contributed by atoms with Gasteiger partial charge < -0.3 is 19.7 Å². The lowest BCUT2D eigenvalue weighted by Gasteiger charge is -2.35. The smallest absolute Gasteiger partial charge is 0.231 e. The van der Waals surface area contributed by atoms with Crippen LogP contribution in [0.2, 0.25) is 0 Å². The van der Waals surface area contributed by atoms with Gasteiger partial charge in [0.05, 0.1) is 44.1 Å². The van der Waals surface area contributed by atoms with Gasteiger partial charge in [-0.1, -0.05) is 0 Å². The van der Waals surface area contributed by atoms with Gasteiger partial charge in [0.15, 0.2) is 0 Å². The zero-order valence-electron chi connectivity index (χ0n) is 20.9. The Kier molecular flexibility index (Phi) is 8.16. The molecule has 1 saturated heterocycles. The first-order valence-corrected chi connectivity index (χ1v) is 12.3. The first-order valence-electron chi connectivity index (χ1n) is 12.3. The van der Waals surface area contributed by atoms with Gasteiger partial charge in [0.2, 0.25) is 5.88 Å². The molecule has 4 rings (SSSR count). The van der Waals surface area contributed by atoms with Crippen molar-refractivity contribution in [3.05, 3.63) is 47.1 Å². The molecule has 0 aromatic carbocycles. The van der Waals surface area contributed by atoms with Crippen LogP contribution in [0.15, 0.2) is 35.9 Å². The number of methoxy groups -OCH3 is 1. The maximum Gasteiger partial charge on any atom is 0.231 e. The minimum absolute atomic E-state index is 0.297. The average Bonchev–Trinajstić information content (AvgIpc) is 3.21. The van der Waals surface area contributed by atoms with Crippen LogP contribution in [0, 0.1) is 22.7 Å². The molecule has 4 heterocycles. The summed E-state index contributed by atoms with van der Waals surface area (Å²) < 4.78 is 12.8. The van der Waals surface area contributed by atoms with Gasteiger partial charge in [-0.05, 0) is 57.2 Å². The maximum atomic E-state index is 9.40. The molecule has 0 radical (unpaired) electrons. The number of piperidine rings is 1. The van der Waals surface area contributed by atoms with E-state index in [1.807, 2.05) is 10.9 Å². The van der Waals surface area contributed by atoms with Crippen molar-refractivity contribution in [1.82, 2.24) is 19.7 Å². The molecule has 2 aliphatic heterocycles. The molecule has 186 valence electrons. The summed E-state index contributed by atoms with van der Waals surface area (Å²) in [7, 11) is 1.50. The van der Waals surface area contributed by atoms with Crippen LogP contribution in [0.5, 0.6) is 5.88 Å². The minimum atomic E-state index is 0.297. The number of nitrogens with zero attached hydrogens (tertiary/aromatic N) is 5. The Balaban J connectivity index is 1.51. The molecule has 0 amide bonds. The van der Waals surface area contributed by atoms with E-state index < -0.39 is 0 Å². The molecular formula is C26H35N7O2. The van der Waals surface area contributed by atoms with Gasteiger partial charge in [0.25, 0.3) is 0 Å². The van der Waals surface area contributed by atoms with E-state index in [-0.39, 0.29) is 0 Å². The number of ether oxygens (including phenoxy) is 2. The summed E-state index contributed by atoms with van der Waals surface area (Å²) in [5, 5.41) is 26.4. The molecule has 0 aliphatic carbocycles. The number of pyridine rings is 1. The first kappa shape index (κ1) is 24.9. The zero-order chi connectivity index (χ0) is 24.8. The Morgan fingerprint density at radius 3 is 2.94 bits per heavy atom. The van der Waals surface area contributed by atoms with Crippen molar-refractivity contribution in [3.63, 3.8) is 0 Å². The monoisotopic (exact) mass is 477 g/mol. The Morgan fingerprint density at radius 2 is 2.17 bits per heavy atom. The lowest BCUT2D eigenvalue weighted by atomic mass is 9.97. The van der Waals surface area contributed by atoms with Crippen LogP contribution in [0.25, 0.3) is 0 Å². The van der Waals surface area contributed by atoms with Gasteiger partial charge >= 0.3 is 0 Å². The van der Waals surface area contributed by atoms with E-state index in [0.717, 1.165) is 29.9 Å². The number of rotatable bonds is 8. The van der Waals surface area contributed by atoms with Crippen molar-refractivity contribution in [2.45, 2.75) is 52.1 Å². The quantitative estimate of drug-likeness (QED) is 0.556. The van der Waals surface area contributed by atoms with E-state index in [9.17, 15) is 5.26 Å². The molecule has 2 aliphatic rings. The van der Waals surface area contributed by atoms with Gasteiger partial charge in [-0.3, -0.25) is 10.1 Å². The number of anilines is 1. The molecule has 2 aromatic rings. The maximum absolute atomic E-state index is 9.40. The third-order valence-corrected chi connectivity index (χ3v) is 6.77. The normalized spacial score (nSPS) is 19.3. The predicted molar refractivity (Wildman–Crippen MR) is 135 cm³/mol. The molecule has 0 spiro atoms. The average molecular weight is 478 g/mol. The summed E-state index contributed by atoms with van der Waals surface area (Å²) in [4.78, 5) is 6.77. The molecule has 9 nitrogen and oxygen atoms in total. The number of hydrogen-bond acceptors (Lipinski definition) is 8. The molecule has 9 heteroatoms. The second-order valence-electron chi connectivity index (χ2n) is 9.51. The van der Waals surface area contributed by atoms with E-state index in [4.69, 9.17) is 14.9 Å². The SMILES string of the molecule is COc1ncc(NC2=C(C(=N)c3cnn(CC4CCCN(C(C)C)C4)c3)CCOCC2)cc1C#N. The fraction of sp³-hybridized carbons (Fsp3) is 0.538. The fourth-order valence-electron chi connectivity index (χ4n) is 4.85. The van der Waals surface area contributed by atoms with Crippen molar-refractivity contribution in [3.8, 4) is 11.9 Å². The summed E-state index contributed by atoms with van der Waals surface area (Å²) in [6.45, 7) is 8.80. The molecule has 35 heavy (non-hydrogen) atoms. The summed E-state index contributed by atoms with van der Waals surface area (Å²) in [6.07, 6.45) is 9.15. The van der Waals surface area contributed by atoms with E-state index in [2.05, 4.69) is 40.2 Å². The first-order chi connectivity index (χ1) is 17.0. The number of likely N-dealkylation sites (tertiary alicyclic amines) is 1. The van der Waals surface area contributed by atoms with Crippen LogP contribution in [0.3, 0.4) is 0 Å². The van der Waals surface area contributed by atoms with Gasteiger partial charge in [-0.15, -0.1) is 0 Å². The van der Waals surface area contributed by atoms with E-state index in [0.29, 0.717) is 60.9 Å². The summed E-state index contributed by atoms with van der Waals surface area (Å²) in [6, 6.07) is 4.40. The number of nitrogens with one attached hydrogen (secondary N) is 2. The summed E-state index contributed by atoms with van der Waals surface area (Å²) >= 11 is 0. The van der Waals surface area contributed by atoms with E-state index in [1.54, 1.807) is 18.5 Å². The highest BCUT2D eigenvalue weighted by Crippen LogP contribution is 2.26. The molecule has 2 N–H and O–H groups in total. The van der Waals surface area contributed by atoms with Crippen LogP contribution in [0.4, 0.5) is 5.69 Å². The second-order valence-corrected chi connectivity index (χ2v) is 9.51. The number of nitriles is 1. The summed E-state index contributed by atoms with van der Waals surface area (Å²) in [5.74, 6) is 0.874. The number of aromatic nitrogens is 3. The molecule has 2 aromatic heterocycles. The third-order valence-electron chi connectivity index (χ3n) is 6.77. The molecule has 0 bridgehead atoms. The van der Waals surface area contributed by atoms with Gasteiger partial charge in [0.1, 0.15) is 11.6 Å². The van der Waals surface area contributed by atoms with Crippen molar-refractivity contribution in [2.24, 2.45) is 5.92 Å². The standard InChI is InChI=1S/C26H35N7O2/c1-18(2)32-8-4-5-19(15-32)16-33-17-21(13-30-33)25(28)23-6-9-35-10-7-24(23)31-22-11-20(12-27)26(34-3)29-14-22/h11,13-14,17-19,28,31H,4-10,15-16H2,1-3H3. The van der Waals surface area contributed by atoms with E-state index in [1.165, 1.54) is 26.5 Å². The van der Waals surface area contributed by atoms with Crippen LogP contribution < -0.4 is 10.1 Å². The fourth-order valence-corrected chi connectivity index (χ4v) is 4.85. The lowest BCUT2D eigenvalue weighted by Crippen LogP contribution is -2.41. The van der Waals surface area contributed by atoms with Crippen molar-refractivity contribution in [2.75, 3.05) is 38.7 Å². The van der Waals surface area contributed by atoms with Gasteiger partial charge in [-0.25, -0.2) is 4.98 Å². The van der Waals surface area contributed by atoms with E-state index >= 15 is 0 Å². The Bertz CT molecular complexity index is 1120. The Hall–Kier alpha value is -3.22. The molecule has 1 fully saturated rings. The lowest BCUT2D eigenvalue weighted by molar-refractivity contribution is 0.128. The summed E-state index contributed by atoms with van der Waals surface area (Å²) in [5.41, 5.74) is 4.13. The zero-order valence-corrected chi connectivity index (χ0v) is 20.9. The second kappa shape index (κ2) is 11.5. The molecular weight excluding hydrogens is 442 g/mol. The Morgan fingerprint density at radius 1 is 1.34 bits per heavy atom. The topological polar surface area (TPSA) is 112 Å². The van der Waals surface area contributed by atoms with Crippen molar-refractivity contribution < 1.29 is 9.47 Å². The molecule has 1 atom stereocenters. The predicted octanol–water partition coefficient (Wildman–Crippen LogP) is 3.82. The molecule has 0 saturated carbocycles. The highest BCUT2D eigenvalue weighted by molar-refractivity contribution is 6.11. The Labute approximate surface area is 207 Å². The highest BCUT2D eigenvalue weighted by atomic mass is 16.5. The van der Waals surface area contributed by atoms with Crippen molar-refractivity contribution >= 4 is 11.4 Å². The van der Waals surface area contributed by atoms with Crippen LogP contribution in [-0.2, 0) is 11.3 Å². The van der Waals surface area contributed by atoms with Gasteiger partial charge in [-0.2, -0.15) is 10.4 Å². The van der Waals surface area contributed by atoms with Crippen LogP contribution in [-0.4, -0.2) is 64.8 Å². The number of hydrogen-bond donors (Lipinski definition) is 2. The van der Waals surface area contributed by atoms with Crippen LogP contribution in [0.1, 0.15) is 50.7 Å².